The fraction of sp³-hybridized carbons (Fsp3) is 0.176. The molecule has 4 nitrogen and oxygen atoms in total. The van der Waals surface area contributed by atoms with Crippen molar-refractivity contribution in [3.8, 4) is 11.5 Å². The van der Waals surface area contributed by atoms with Gasteiger partial charge in [-0.05, 0) is 37.3 Å². The smallest absolute Gasteiger partial charge is 0.161 e. The molecule has 0 heterocycles. The van der Waals surface area contributed by atoms with Crippen LogP contribution in [0.4, 0.5) is 4.39 Å². The Hall–Kier alpha value is -2.40. The van der Waals surface area contributed by atoms with Crippen LogP contribution in [-0.4, -0.2) is 26.3 Å². The SMILES string of the molecule is CCOc1ccc(C=O)cc1OC.O=Cc1c(F)cccc1Cl. The molecule has 0 saturated heterocycles. The molecular formula is C17H16ClFO4. The first-order valence-electron chi connectivity index (χ1n) is 6.72. The second kappa shape index (κ2) is 9.58. The number of hydrogen-bond donors (Lipinski definition) is 0. The first-order chi connectivity index (χ1) is 11.1. The Kier molecular flexibility index (Phi) is 7.77. The van der Waals surface area contributed by atoms with E-state index in [1.807, 2.05) is 6.92 Å². The number of rotatable bonds is 5. The molecule has 0 atom stereocenters. The molecule has 2 aromatic carbocycles. The van der Waals surface area contributed by atoms with Gasteiger partial charge in [0.15, 0.2) is 17.8 Å². The largest absolute Gasteiger partial charge is 0.493 e. The van der Waals surface area contributed by atoms with Crippen LogP contribution in [0.25, 0.3) is 0 Å². The zero-order chi connectivity index (χ0) is 17.2. The van der Waals surface area contributed by atoms with Crippen molar-refractivity contribution in [2.75, 3.05) is 13.7 Å². The molecule has 6 heteroatoms. The van der Waals surface area contributed by atoms with Gasteiger partial charge in [-0.15, -0.1) is 0 Å². The van der Waals surface area contributed by atoms with Crippen LogP contribution in [0, 0.1) is 5.82 Å². The molecule has 0 N–H and O–H groups in total. The van der Waals surface area contributed by atoms with E-state index >= 15 is 0 Å². The van der Waals surface area contributed by atoms with Gasteiger partial charge in [0.05, 0.1) is 24.3 Å². The number of ether oxygens (including phenoxy) is 2. The third kappa shape index (κ3) is 5.38. The molecule has 0 aromatic heterocycles. The molecule has 0 unspecified atom stereocenters. The second-order valence-corrected chi connectivity index (χ2v) is 4.62. The third-order valence-electron chi connectivity index (χ3n) is 2.74. The van der Waals surface area contributed by atoms with E-state index < -0.39 is 5.82 Å². The molecule has 23 heavy (non-hydrogen) atoms. The lowest BCUT2D eigenvalue weighted by Crippen LogP contribution is -1.95. The quantitative estimate of drug-likeness (QED) is 0.767. The Morgan fingerprint density at radius 1 is 1.13 bits per heavy atom. The van der Waals surface area contributed by atoms with Gasteiger partial charge in [0.25, 0.3) is 0 Å². The lowest BCUT2D eigenvalue weighted by atomic mass is 10.2. The van der Waals surface area contributed by atoms with Crippen molar-refractivity contribution in [3.63, 3.8) is 0 Å². The van der Waals surface area contributed by atoms with Crippen LogP contribution in [0.5, 0.6) is 11.5 Å². The first-order valence-corrected chi connectivity index (χ1v) is 7.10. The Morgan fingerprint density at radius 3 is 2.35 bits per heavy atom. The van der Waals surface area contributed by atoms with Crippen LogP contribution in [-0.2, 0) is 0 Å². The van der Waals surface area contributed by atoms with E-state index in [1.165, 1.54) is 18.2 Å². The Labute approximate surface area is 138 Å². The molecule has 0 radical (unpaired) electrons. The molecule has 2 rings (SSSR count). The zero-order valence-corrected chi connectivity index (χ0v) is 13.5. The van der Waals surface area contributed by atoms with Crippen LogP contribution in [0.1, 0.15) is 27.6 Å². The highest BCUT2D eigenvalue weighted by Gasteiger charge is 2.04. The van der Waals surface area contributed by atoms with Crippen LogP contribution in [0.15, 0.2) is 36.4 Å². The summed E-state index contributed by atoms with van der Waals surface area (Å²) in [6.45, 7) is 2.48. The van der Waals surface area contributed by atoms with Gasteiger partial charge >= 0.3 is 0 Å². The molecule has 0 fully saturated rings. The third-order valence-corrected chi connectivity index (χ3v) is 3.07. The van der Waals surface area contributed by atoms with Gasteiger partial charge < -0.3 is 9.47 Å². The number of methoxy groups -OCH3 is 1. The van der Waals surface area contributed by atoms with Crippen molar-refractivity contribution in [3.05, 3.63) is 58.4 Å². The number of hydrogen-bond acceptors (Lipinski definition) is 4. The van der Waals surface area contributed by atoms with Crippen LogP contribution < -0.4 is 9.47 Å². The van der Waals surface area contributed by atoms with Gasteiger partial charge in [0, 0.05) is 5.56 Å². The summed E-state index contributed by atoms with van der Waals surface area (Å²) in [7, 11) is 1.55. The van der Waals surface area contributed by atoms with Crippen LogP contribution in [0.3, 0.4) is 0 Å². The monoisotopic (exact) mass is 338 g/mol. The van der Waals surface area contributed by atoms with Crippen LogP contribution >= 0.6 is 11.6 Å². The van der Waals surface area contributed by atoms with Gasteiger partial charge in [-0.1, -0.05) is 17.7 Å². The number of aldehydes is 2. The van der Waals surface area contributed by atoms with Gasteiger partial charge in [-0.2, -0.15) is 0 Å². The number of carbonyl (C=O) groups is 2. The normalized spacial score (nSPS) is 9.39. The summed E-state index contributed by atoms with van der Waals surface area (Å²) < 4.78 is 22.9. The molecule has 0 aliphatic carbocycles. The number of benzene rings is 2. The molecule has 2 aromatic rings. The van der Waals surface area contributed by atoms with Gasteiger partial charge in [0.2, 0.25) is 0 Å². The zero-order valence-electron chi connectivity index (χ0n) is 12.7. The summed E-state index contributed by atoms with van der Waals surface area (Å²) in [5, 5.41) is 0.148. The summed E-state index contributed by atoms with van der Waals surface area (Å²) in [5.41, 5.74) is 0.504. The van der Waals surface area contributed by atoms with E-state index in [0.29, 0.717) is 30.0 Å². The highest BCUT2D eigenvalue weighted by atomic mass is 35.5. The minimum absolute atomic E-state index is 0.0795. The maximum atomic E-state index is 12.5. The van der Waals surface area contributed by atoms with Crippen molar-refractivity contribution in [1.82, 2.24) is 0 Å². The second-order valence-electron chi connectivity index (χ2n) is 4.21. The Balaban J connectivity index is 0.000000238. The van der Waals surface area contributed by atoms with Gasteiger partial charge in [-0.3, -0.25) is 9.59 Å². The average Bonchev–Trinajstić information content (AvgIpc) is 2.56. The van der Waals surface area contributed by atoms with E-state index in [4.69, 9.17) is 21.1 Å². The summed E-state index contributed by atoms with van der Waals surface area (Å²) in [4.78, 5) is 20.6. The van der Waals surface area contributed by atoms with Gasteiger partial charge in [0.1, 0.15) is 12.1 Å². The molecule has 0 saturated carbocycles. The maximum absolute atomic E-state index is 12.5. The van der Waals surface area contributed by atoms with E-state index in [-0.39, 0.29) is 10.6 Å². The van der Waals surface area contributed by atoms with Crippen molar-refractivity contribution < 1.29 is 23.5 Å². The van der Waals surface area contributed by atoms with E-state index in [2.05, 4.69) is 0 Å². The van der Waals surface area contributed by atoms with Crippen molar-refractivity contribution in [2.45, 2.75) is 6.92 Å². The summed E-state index contributed by atoms with van der Waals surface area (Å²) >= 11 is 5.46. The van der Waals surface area contributed by atoms with Crippen molar-refractivity contribution in [2.24, 2.45) is 0 Å². The standard InChI is InChI=1S/C10H12O3.C7H4ClFO/c1-3-13-9-5-4-8(7-11)6-10(9)12-2;8-6-2-1-3-7(9)5(6)4-10/h4-7H,3H2,1-2H3;1-4H. The topological polar surface area (TPSA) is 52.6 Å². The fourth-order valence-electron chi connectivity index (χ4n) is 1.66. The average molecular weight is 339 g/mol. The number of halogens is 2. The summed E-state index contributed by atoms with van der Waals surface area (Å²) in [6.07, 6.45) is 1.18. The molecule has 0 aliphatic heterocycles. The molecule has 122 valence electrons. The van der Waals surface area contributed by atoms with E-state index in [0.717, 1.165) is 6.29 Å². The highest BCUT2D eigenvalue weighted by Crippen LogP contribution is 2.27. The van der Waals surface area contributed by atoms with Crippen molar-refractivity contribution >= 4 is 24.2 Å². The molecule has 0 bridgehead atoms. The Morgan fingerprint density at radius 2 is 1.87 bits per heavy atom. The predicted octanol–water partition coefficient (Wildman–Crippen LogP) is 4.20. The number of carbonyl (C=O) groups excluding carboxylic acids is 2. The molecular weight excluding hydrogens is 323 g/mol. The molecule has 0 amide bonds. The van der Waals surface area contributed by atoms with E-state index in [9.17, 15) is 14.0 Å². The van der Waals surface area contributed by atoms with E-state index in [1.54, 1.807) is 25.3 Å². The predicted molar refractivity (Wildman–Crippen MR) is 86.3 cm³/mol. The minimum atomic E-state index is -0.581. The first kappa shape index (κ1) is 18.6. The minimum Gasteiger partial charge on any atom is -0.493 e. The Bertz CT molecular complexity index is 653. The maximum Gasteiger partial charge on any atom is 0.161 e. The molecule has 0 spiro atoms. The molecule has 0 aliphatic rings. The van der Waals surface area contributed by atoms with Crippen LogP contribution in [0.2, 0.25) is 5.02 Å². The fourth-order valence-corrected chi connectivity index (χ4v) is 1.86. The van der Waals surface area contributed by atoms with Crippen molar-refractivity contribution in [1.29, 1.82) is 0 Å². The summed E-state index contributed by atoms with van der Waals surface area (Å²) in [6, 6.07) is 9.18. The highest BCUT2D eigenvalue weighted by molar-refractivity contribution is 6.32. The summed E-state index contributed by atoms with van der Waals surface area (Å²) in [5.74, 6) is 0.671. The van der Waals surface area contributed by atoms with Gasteiger partial charge in [-0.25, -0.2) is 4.39 Å². The lowest BCUT2D eigenvalue weighted by molar-refractivity contribution is 0.111. The lowest BCUT2D eigenvalue weighted by Gasteiger charge is -2.08.